The molecule has 0 saturated heterocycles. The molecule has 124 valence electrons. The molecule has 0 unspecified atom stereocenters. The van der Waals surface area contributed by atoms with Crippen molar-refractivity contribution in [1.29, 1.82) is 0 Å². The van der Waals surface area contributed by atoms with Crippen molar-refractivity contribution in [2.75, 3.05) is 25.5 Å². The third-order valence-corrected chi connectivity index (χ3v) is 4.21. The Labute approximate surface area is 146 Å². The number of nitrogens with one attached hydrogen (secondary N) is 2. The molecule has 1 aliphatic rings. The van der Waals surface area contributed by atoms with E-state index in [4.69, 9.17) is 16.3 Å². The van der Waals surface area contributed by atoms with Crippen LogP contribution in [0.1, 0.15) is 21.5 Å². The first-order valence-corrected chi connectivity index (χ1v) is 8.13. The van der Waals surface area contributed by atoms with Gasteiger partial charge in [0, 0.05) is 35.4 Å². The van der Waals surface area contributed by atoms with E-state index in [-0.39, 0.29) is 5.91 Å². The van der Waals surface area contributed by atoms with E-state index in [1.165, 1.54) is 0 Å². The van der Waals surface area contributed by atoms with Crippen LogP contribution in [0.4, 0.5) is 5.69 Å². The zero-order valence-corrected chi connectivity index (χ0v) is 14.4. The fourth-order valence-corrected chi connectivity index (χ4v) is 2.78. The lowest BCUT2D eigenvalue weighted by Crippen LogP contribution is -2.19. The second kappa shape index (κ2) is 6.97. The van der Waals surface area contributed by atoms with E-state index in [9.17, 15) is 4.79 Å². The molecule has 5 heteroatoms. The lowest BCUT2D eigenvalue weighted by molar-refractivity contribution is 0.0963. The van der Waals surface area contributed by atoms with E-state index in [2.05, 4.69) is 16.7 Å². The minimum absolute atomic E-state index is 0.0955. The highest BCUT2D eigenvalue weighted by Crippen LogP contribution is 2.29. The lowest BCUT2D eigenvalue weighted by atomic mass is 10.1. The molecule has 2 N–H and O–H groups in total. The zero-order chi connectivity index (χ0) is 17.1. The molecule has 2 aromatic rings. The standard InChI is InChI=1S/C19H19ClN2O2/c1-12-3-4-14(19(23)21-2)9-17(12)22-10-13-7-15-8-16(20)5-6-18(15)24-11-13/h3-9,22H,10-11H2,1-2H3,(H,21,23). The van der Waals surface area contributed by atoms with Crippen LogP contribution in [-0.4, -0.2) is 26.1 Å². The number of hydrogen-bond acceptors (Lipinski definition) is 3. The van der Waals surface area contributed by atoms with E-state index >= 15 is 0 Å². The highest BCUT2D eigenvalue weighted by Gasteiger charge is 2.12. The van der Waals surface area contributed by atoms with Crippen molar-refractivity contribution < 1.29 is 9.53 Å². The van der Waals surface area contributed by atoms with Crippen molar-refractivity contribution in [3.8, 4) is 5.75 Å². The number of hydrogen-bond donors (Lipinski definition) is 2. The molecule has 0 fully saturated rings. The van der Waals surface area contributed by atoms with Crippen LogP contribution >= 0.6 is 11.6 Å². The predicted molar refractivity (Wildman–Crippen MR) is 98.0 cm³/mol. The average Bonchev–Trinajstić information content (AvgIpc) is 2.60. The normalized spacial score (nSPS) is 12.7. The number of halogens is 1. The van der Waals surface area contributed by atoms with E-state index in [0.717, 1.165) is 28.1 Å². The van der Waals surface area contributed by atoms with Crippen LogP contribution in [0.5, 0.6) is 5.75 Å². The van der Waals surface area contributed by atoms with Gasteiger partial charge in [-0.1, -0.05) is 17.7 Å². The summed E-state index contributed by atoms with van der Waals surface area (Å²) in [7, 11) is 1.63. The summed E-state index contributed by atoms with van der Waals surface area (Å²) in [5, 5.41) is 6.72. The molecule has 1 aliphatic heterocycles. The van der Waals surface area contributed by atoms with Gasteiger partial charge in [-0.3, -0.25) is 4.79 Å². The van der Waals surface area contributed by atoms with Crippen molar-refractivity contribution in [3.63, 3.8) is 0 Å². The van der Waals surface area contributed by atoms with Crippen molar-refractivity contribution in [2.24, 2.45) is 0 Å². The lowest BCUT2D eigenvalue weighted by Gasteiger charge is -2.19. The number of aryl methyl sites for hydroxylation is 1. The molecule has 0 radical (unpaired) electrons. The summed E-state index contributed by atoms with van der Waals surface area (Å²) in [4.78, 5) is 11.8. The van der Waals surface area contributed by atoms with Crippen LogP contribution in [-0.2, 0) is 0 Å². The fraction of sp³-hybridized carbons (Fsp3) is 0.211. The first kappa shape index (κ1) is 16.4. The molecule has 1 heterocycles. The first-order valence-electron chi connectivity index (χ1n) is 7.75. The second-order valence-electron chi connectivity index (χ2n) is 5.74. The molecular formula is C19H19ClN2O2. The number of fused-ring (bicyclic) bond motifs is 1. The van der Waals surface area contributed by atoms with E-state index in [1.54, 1.807) is 7.05 Å². The van der Waals surface area contributed by atoms with Gasteiger partial charge >= 0.3 is 0 Å². The summed E-state index contributed by atoms with van der Waals surface area (Å²) < 4.78 is 5.76. The van der Waals surface area contributed by atoms with Gasteiger partial charge in [-0.15, -0.1) is 0 Å². The van der Waals surface area contributed by atoms with Crippen LogP contribution in [0.2, 0.25) is 5.02 Å². The minimum atomic E-state index is -0.0955. The van der Waals surface area contributed by atoms with Gasteiger partial charge in [0.1, 0.15) is 12.4 Å². The Morgan fingerprint density at radius 1 is 1.25 bits per heavy atom. The number of benzene rings is 2. The number of carbonyl (C=O) groups excluding carboxylic acids is 1. The molecular weight excluding hydrogens is 324 g/mol. The van der Waals surface area contributed by atoms with Gasteiger partial charge in [0.2, 0.25) is 0 Å². The molecule has 0 aromatic heterocycles. The SMILES string of the molecule is CNC(=O)c1ccc(C)c(NCC2=Cc3cc(Cl)ccc3OC2)c1. The summed E-state index contributed by atoms with van der Waals surface area (Å²) in [6, 6.07) is 11.2. The van der Waals surface area contributed by atoms with Crippen LogP contribution in [0.3, 0.4) is 0 Å². The minimum Gasteiger partial charge on any atom is -0.489 e. The van der Waals surface area contributed by atoms with Crippen molar-refractivity contribution in [2.45, 2.75) is 6.92 Å². The van der Waals surface area contributed by atoms with E-state index in [1.807, 2.05) is 43.3 Å². The maximum absolute atomic E-state index is 11.8. The number of anilines is 1. The molecule has 1 amide bonds. The first-order chi connectivity index (χ1) is 11.6. The summed E-state index contributed by atoms with van der Waals surface area (Å²) in [5.74, 6) is 0.753. The molecule has 3 rings (SSSR count). The number of amides is 1. The van der Waals surface area contributed by atoms with Gasteiger partial charge in [-0.25, -0.2) is 0 Å². The van der Waals surface area contributed by atoms with Crippen LogP contribution < -0.4 is 15.4 Å². The van der Waals surface area contributed by atoms with Gasteiger partial charge in [0.05, 0.1) is 0 Å². The summed E-state index contributed by atoms with van der Waals surface area (Å²) in [6.07, 6.45) is 2.09. The third-order valence-electron chi connectivity index (χ3n) is 3.98. The van der Waals surface area contributed by atoms with Crippen LogP contribution in [0.15, 0.2) is 42.0 Å². The molecule has 0 atom stereocenters. The van der Waals surface area contributed by atoms with Gasteiger partial charge in [0.15, 0.2) is 0 Å². The van der Waals surface area contributed by atoms with Gasteiger partial charge in [-0.2, -0.15) is 0 Å². The molecule has 0 aliphatic carbocycles. The van der Waals surface area contributed by atoms with Crippen LogP contribution in [0.25, 0.3) is 6.08 Å². The molecule has 4 nitrogen and oxygen atoms in total. The smallest absolute Gasteiger partial charge is 0.251 e. The topological polar surface area (TPSA) is 50.4 Å². The second-order valence-corrected chi connectivity index (χ2v) is 6.17. The van der Waals surface area contributed by atoms with Gasteiger partial charge in [-0.05, 0) is 54.5 Å². The Kier molecular flexibility index (Phi) is 4.76. The largest absolute Gasteiger partial charge is 0.489 e. The van der Waals surface area contributed by atoms with Crippen molar-refractivity contribution >= 4 is 29.3 Å². The molecule has 0 spiro atoms. The Balaban J connectivity index is 1.75. The average molecular weight is 343 g/mol. The highest BCUT2D eigenvalue weighted by molar-refractivity contribution is 6.30. The fourth-order valence-electron chi connectivity index (χ4n) is 2.60. The number of carbonyl (C=O) groups is 1. The Morgan fingerprint density at radius 2 is 2.08 bits per heavy atom. The third kappa shape index (κ3) is 3.54. The molecule has 0 saturated carbocycles. The monoisotopic (exact) mass is 342 g/mol. The van der Waals surface area contributed by atoms with Crippen LogP contribution in [0, 0.1) is 6.92 Å². The van der Waals surface area contributed by atoms with Gasteiger partial charge in [0.25, 0.3) is 5.91 Å². The quantitative estimate of drug-likeness (QED) is 0.886. The predicted octanol–water partition coefficient (Wildman–Crippen LogP) is 3.90. The summed E-state index contributed by atoms with van der Waals surface area (Å²) in [5.41, 5.74) is 4.77. The van der Waals surface area contributed by atoms with E-state index in [0.29, 0.717) is 23.7 Å². The number of ether oxygens (including phenoxy) is 1. The molecule has 2 aromatic carbocycles. The van der Waals surface area contributed by atoms with Crippen molar-refractivity contribution in [1.82, 2.24) is 5.32 Å². The highest BCUT2D eigenvalue weighted by atomic mass is 35.5. The maximum Gasteiger partial charge on any atom is 0.251 e. The Morgan fingerprint density at radius 3 is 2.88 bits per heavy atom. The van der Waals surface area contributed by atoms with E-state index < -0.39 is 0 Å². The maximum atomic E-state index is 11.8. The molecule has 0 bridgehead atoms. The summed E-state index contributed by atoms with van der Waals surface area (Å²) >= 11 is 6.04. The summed E-state index contributed by atoms with van der Waals surface area (Å²) in [6.45, 7) is 3.19. The van der Waals surface area contributed by atoms with Gasteiger partial charge < -0.3 is 15.4 Å². The molecule has 24 heavy (non-hydrogen) atoms. The van der Waals surface area contributed by atoms with Crippen molar-refractivity contribution in [3.05, 3.63) is 63.7 Å². The Bertz CT molecular complexity index is 815. The number of rotatable bonds is 4. The Hall–Kier alpha value is -2.46. The zero-order valence-electron chi connectivity index (χ0n) is 13.7.